The molecular formula is C21H20N2O5. The zero-order chi connectivity index (χ0) is 19.8. The quantitative estimate of drug-likeness (QED) is 0.585. The number of nitrogens with one attached hydrogen (secondary N) is 2. The highest BCUT2D eigenvalue weighted by Gasteiger charge is 2.10. The largest absolute Gasteiger partial charge is 0.497 e. The number of rotatable bonds is 8. The van der Waals surface area contributed by atoms with Crippen molar-refractivity contribution >= 4 is 17.5 Å². The van der Waals surface area contributed by atoms with Crippen LogP contribution in [-0.4, -0.2) is 32.1 Å². The first-order chi connectivity index (χ1) is 13.7. The summed E-state index contributed by atoms with van der Waals surface area (Å²) >= 11 is 0. The zero-order valence-electron chi connectivity index (χ0n) is 15.3. The molecule has 2 amide bonds. The summed E-state index contributed by atoms with van der Waals surface area (Å²) in [5.41, 5.74) is 1.06. The molecule has 3 aromatic rings. The standard InChI is InChI=1S/C21H20N2O5/c1-26-17-8-10-18(11-9-17)27-14-12-22-20(24)15-4-6-16(7-5-15)23-21(25)19-3-2-13-28-19/h2-11,13H,12,14H2,1H3,(H,22,24)(H,23,25). The highest BCUT2D eigenvalue weighted by Crippen LogP contribution is 2.16. The van der Waals surface area contributed by atoms with E-state index < -0.39 is 0 Å². The van der Waals surface area contributed by atoms with Gasteiger partial charge in [-0.25, -0.2) is 0 Å². The molecule has 0 unspecified atom stereocenters. The monoisotopic (exact) mass is 380 g/mol. The van der Waals surface area contributed by atoms with Crippen molar-refractivity contribution in [1.82, 2.24) is 5.32 Å². The van der Waals surface area contributed by atoms with Gasteiger partial charge in [0.25, 0.3) is 11.8 Å². The number of anilines is 1. The van der Waals surface area contributed by atoms with Crippen LogP contribution in [-0.2, 0) is 0 Å². The molecule has 0 aliphatic rings. The van der Waals surface area contributed by atoms with Gasteiger partial charge in [0.05, 0.1) is 19.9 Å². The number of methoxy groups -OCH3 is 1. The molecule has 0 saturated heterocycles. The Labute approximate surface area is 162 Å². The molecule has 28 heavy (non-hydrogen) atoms. The van der Waals surface area contributed by atoms with Crippen LogP contribution in [0.3, 0.4) is 0 Å². The molecule has 0 aliphatic heterocycles. The first-order valence-electron chi connectivity index (χ1n) is 8.65. The Morgan fingerprint density at radius 1 is 0.929 bits per heavy atom. The van der Waals surface area contributed by atoms with Crippen LogP contribution in [0, 0.1) is 0 Å². The molecule has 0 saturated carbocycles. The van der Waals surface area contributed by atoms with Crippen molar-refractivity contribution in [3.05, 3.63) is 78.3 Å². The zero-order valence-corrected chi connectivity index (χ0v) is 15.3. The van der Waals surface area contributed by atoms with Gasteiger partial charge in [0.1, 0.15) is 18.1 Å². The van der Waals surface area contributed by atoms with Crippen molar-refractivity contribution in [1.29, 1.82) is 0 Å². The molecule has 0 aliphatic carbocycles. The van der Waals surface area contributed by atoms with Crippen molar-refractivity contribution < 1.29 is 23.5 Å². The molecule has 7 heteroatoms. The second-order valence-corrected chi connectivity index (χ2v) is 5.79. The number of carbonyl (C=O) groups excluding carboxylic acids is 2. The summed E-state index contributed by atoms with van der Waals surface area (Å²) in [7, 11) is 1.60. The minimum absolute atomic E-state index is 0.220. The highest BCUT2D eigenvalue weighted by atomic mass is 16.5. The van der Waals surface area contributed by atoms with Crippen LogP contribution in [0.4, 0.5) is 5.69 Å². The lowest BCUT2D eigenvalue weighted by Crippen LogP contribution is -2.28. The maximum Gasteiger partial charge on any atom is 0.291 e. The normalized spacial score (nSPS) is 10.2. The van der Waals surface area contributed by atoms with E-state index >= 15 is 0 Å². The summed E-state index contributed by atoms with van der Waals surface area (Å²) in [6, 6.07) is 17.0. The lowest BCUT2D eigenvalue weighted by molar-refractivity contribution is 0.0946. The average molecular weight is 380 g/mol. The van der Waals surface area contributed by atoms with E-state index in [4.69, 9.17) is 13.9 Å². The van der Waals surface area contributed by atoms with Crippen molar-refractivity contribution in [2.24, 2.45) is 0 Å². The van der Waals surface area contributed by atoms with Gasteiger partial charge in [0.2, 0.25) is 0 Å². The van der Waals surface area contributed by atoms with E-state index in [2.05, 4.69) is 10.6 Å². The molecule has 1 heterocycles. The van der Waals surface area contributed by atoms with Crippen LogP contribution in [0.5, 0.6) is 11.5 Å². The van der Waals surface area contributed by atoms with Crippen LogP contribution in [0.25, 0.3) is 0 Å². The summed E-state index contributed by atoms with van der Waals surface area (Å²) < 4.78 is 15.7. The minimum Gasteiger partial charge on any atom is -0.497 e. The van der Waals surface area contributed by atoms with Crippen molar-refractivity contribution in [3.63, 3.8) is 0 Å². The lowest BCUT2D eigenvalue weighted by atomic mass is 10.2. The third-order valence-corrected chi connectivity index (χ3v) is 3.87. The topological polar surface area (TPSA) is 89.8 Å². The highest BCUT2D eigenvalue weighted by molar-refractivity contribution is 6.02. The molecule has 0 radical (unpaired) electrons. The molecule has 3 rings (SSSR count). The molecule has 1 aromatic heterocycles. The van der Waals surface area contributed by atoms with E-state index in [1.165, 1.54) is 6.26 Å². The predicted octanol–water partition coefficient (Wildman–Crippen LogP) is 3.35. The fraction of sp³-hybridized carbons (Fsp3) is 0.143. The Morgan fingerprint density at radius 3 is 2.29 bits per heavy atom. The third kappa shape index (κ3) is 5.14. The van der Waals surface area contributed by atoms with Gasteiger partial charge in [-0.1, -0.05) is 0 Å². The van der Waals surface area contributed by atoms with Crippen LogP contribution in [0.2, 0.25) is 0 Å². The van der Waals surface area contributed by atoms with Gasteiger partial charge in [-0.3, -0.25) is 9.59 Å². The fourth-order valence-corrected chi connectivity index (χ4v) is 2.41. The van der Waals surface area contributed by atoms with Gasteiger partial charge in [-0.2, -0.15) is 0 Å². The SMILES string of the molecule is COc1ccc(OCCNC(=O)c2ccc(NC(=O)c3ccco3)cc2)cc1. The molecule has 7 nitrogen and oxygen atoms in total. The Morgan fingerprint density at radius 2 is 1.64 bits per heavy atom. The number of amides is 2. The first kappa shape index (κ1) is 19.0. The summed E-state index contributed by atoms with van der Waals surface area (Å²) in [5, 5.41) is 5.48. The number of hydrogen-bond acceptors (Lipinski definition) is 5. The minimum atomic E-state index is -0.349. The van der Waals surface area contributed by atoms with Gasteiger partial charge in [-0.05, 0) is 60.7 Å². The van der Waals surface area contributed by atoms with Gasteiger partial charge in [0.15, 0.2) is 5.76 Å². The Bertz CT molecular complexity index is 903. The Hall–Kier alpha value is -3.74. The second-order valence-electron chi connectivity index (χ2n) is 5.79. The maximum atomic E-state index is 12.2. The smallest absolute Gasteiger partial charge is 0.291 e. The molecule has 0 bridgehead atoms. The predicted molar refractivity (Wildman–Crippen MR) is 104 cm³/mol. The Balaban J connectivity index is 1.43. The number of ether oxygens (including phenoxy) is 2. The van der Waals surface area contributed by atoms with E-state index in [-0.39, 0.29) is 17.6 Å². The number of carbonyl (C=O) groups is 2. The summed E-state index contributed by atoms with van der Waals surface area (Å²) in [4.78, 5) is 24.1. The summed E-state index contributed by atoms with van der Waals surface area (Å²) in [6.07, 6.45) is 1.43. The molecular weight excluding hydrogens is 360 g/mol. The van der Waals surface area contributed by atoms with Crippen LogP contribution >= 0.6 is 0 Å². The fourth-order valence-electron chi connectivity index (χ4n) is 2.41. The van der Waals surface area contributed by atoms with Gasteiger partial charge < -0.3 is 24.5 Å². The molecule has 0 atom stereocenters. The number of hydrogen-bond donors (Lipinski definition) is 2. The molecule has 2 N–H and O–H groups in total. The van der Waals surface area contributed by atoms with Gasteiger partial charge in [-0.15, -0.1) is 0 Å². The number of benzene rings is 2. The first-order valence-corrected chi connectivity index (χ1v) is 8.65. The van der Waals surface area contributed by atoms with E-state index in [9.17, 15) is 9.59 Å². The van der Waals surface area contributed by atoms with E-state index in [1.54, 1.807) is 67.8 Å². The van der Waals surface area contributed by atoms with Crippen molar-refractivity contribution in [2.75, 3.05) is 25.6 Å². The number of furan rings is 1. The van der Waals surface area contributed by atoms with Gasteiger partial charge in [0, 0.05) is 11.3 Å². The maximum absolute atomic E-state index is 12.2. The van der Waals surface area contributed by atoms with Gasteiger partial charge >= 0.3 is 0 Å². The molecule has 144 valence electrons. The molecule has 0 spiro atoms. The van der Waals surface area contributed by atoms with Crippen molar-refractivity contribution in [2.45, 2.75) is 0 Å². The van der Waals surface area contributed by atoms with E-state index in [0.717, 1.165) is 5.75 Å². The lowest BCUT2D eigenvalue weighted by Gasteiger charge is -2.09. The van der Waals surface area contributed by atoms with Crippen LogP contribution in [0.1, 0.15) is 20.9 Å². The van der Waals surface area contributed by atoms with Crippen molar-refractivity contribution in [3.8, 4) is 11.5 Å². The third-order valence-electron chi connectivity index (χ3n) is 3.87. The summed E-state index contributed by atoms with van der Waals surface area (Å²) in [5.74, 6) is 1.11. The van der Waals surface area contributed by atoms with E-state index in [1.807, 2.05) is 0 Å². The van der Waals surface area contributed by atoms with E-state index in [0.29, 0.717) is 30.2 Å². The second kappa shape index (κ2) is 9.27. The van der Waals surface area contributed by atoms with Crippen LogP contribution < -0.4 is 20.1 Å². The molecule has 2 aromatic carbocycles. The Kier molecular flexibility index (Phi) is 6.30. The molecule has 0 fully saturated rings. The average Bonchev–Trinajstić information content (AvgIpc) is 3.27. The van der Waals surface area contributed by atoms with Crippen LogP contribution in [0.15, 0.2) is 71.3 Å². The summed E-state index contributed by atoms with van der Waals surface area (Å²) in [6.45, 7) is 0.706.